The number of nitrogens with zero attached hydrogens (tertiary/aromatic N) is 5. The Morgan fingerprint density at radius 3 is 3.15 bits per heavy atom. The summed E-state index contributed by atoms with van der Waals surface area (Å²) in [5.74, 6) is 2.29. The number of aryl methyl sites for hydroxylation is 1. The number of piperidine rings is 1. The molecule has 4 rings (SSSR count). The van der Waals surface area contributed by atoms with Crippen molar-refractivity contribution in [2.24, 2.45) is 13.0 Å². The molecule has 7 heteroatoms. The molecular formula is C13H19N7. The second-order valence-electron chi connectivity index (χ2n) is 5.68. The van der Waals surface area contributed by atoms with Crippen LogP contribution in [-0.4, -0.2) is 50.6 Å². The molecule has 0 amide bonds. The minimum atomic E-state index is 0.538. The Bertz CT molecular complexity index is 601. The summed E-state index contributed by atoms with van der Waals surface area (Å²) >= 11 is 0. The quantitative estimate of drug-likeness (QED) is 0.828. The molecule has 0 aliphatic carbocycles. The van der Waals surface area contributed by atoms with E-state index in [4.69, 9.17) is 0 Å². The molecule has 4 heterocycles. The second-order valence-corrected chi connectivity index (χ2v) is 5.68. The van der Waals surface area contributed by atoms with Crippen molar-refractivity contribution in [2.75, 3.05) is 24.5 Å². The van der Waals surface area contributed by atoms with E-state index in [1.165, 1.54) is 12.8 Å². The highest BCUT2D eigenvalue weighted by Crippen LogP contribution is 2.29. The molecule has 2 atom stereocenters. The van der Waals surface area contributed by atoms with Crippen LogP contribution in [0.4, 0.5) is 5.95 Å². The van der Waals surface area contributed by atoms with Crippen LogP contribution in [0.25, 0.3) is 11.5 Å². The smallest absolute Gasteiger partial charge is 0.245 e. The van der Waals surface area contributed by atoms with Crippen molar-refractivity contribution < 1.29 is 0 Å². The Morgan fingerprint density at radius 2 is 2.30 bits per heavy atom. The van der Waals surface area contributed by atoms with Crippen LogP contribution in [0, 0.1) is 5.92 Å². The van der Waals surface area contributed by atoms with Gasteiger partial charge in [0, 0.05) is 38.9 Å². The fraction of sp³-hybridized carbons (Fsp3) is 0.615. The van der Waals surface area contributed by atoms with Crippen LogP contribution in [-0.2, 0) is 7.05 Å². The summed E-state index contributed by atoms with van der Waals surface area (Å²) in [5, 5.41) is 15.3. The van der Waals surface area contributed by atoms with E-state index in [2.05, 4.69) is 30.5 Å². The average molecular weight is 273 g/mol. The molecule has 7 nitrogen and oxygen atoms in total. The summed E-state index contributed by atoms with van der Waals surface area (Å²) in [6.07, 6.45) is 4.44. The Balaban J connectivity index is 1.61. The van der Waals surface area contributed by atoms with Crippen molar-refractivity contribution in [1.29, 1.82) is 0 Å². The highest BCUT2D eigenvalue weighted by Gasteiger charge is 2.36. The zero-order chi connectivity index (χ0) is 13.5. The zero-order valence-electron chi connectivity index (χ0n) is 11.6. The fourth-order valence-electron chi connectivity index (χ4n) is 3.35. The summed E-state index contributed by atoms with van der Waals surface area (Å²) in [7, 11) is 1.90. The molecule has 2 fully saturated rings. The van der Waals surface area contributed by atoms with E-state index in [0.717, 1.165) is 43.0 Å². The molecule has 0 aromatic carbocycles. The van der Waals surface area contributed by atoms with Crippen LogP contribution in [0.3, 0.4) is 0 Å². The zero-order valence-corrected chi connectivity index (χ0v) is 11.6. The van der Waals surface area contributed by atoms with Crippen molar-refractivity contribution in [3.05, 3.63) is 12.3 Å². The molecule has 0 spiro atoms. The number of H-pyrrole nitrogens is 1. The molecule has 2 aliphatic heterocycles. The molecule has 2 unspecified atom stereocenters. The molecule has 20 heavy (non-hydrogen) atoms. The Morgan fingerprint density at radius 1 is 1.35 bits per heavy atom. The summed E-state index contributed by atoms with van der Waals surface area (Å²) in [4.78, 5) is 6.98. The lowest BCUT2D eigenvalue weighted by Crippen LogP contribution is -2.45. The maximum absolute atomic E-state index is 4.63. The SMILES string of the molecule is Cn1ccc(-c2nc(N3CCCC4CNCC43)n[nH]2)n1. The minimum absolute atomic E-state index is 0.538. The molecule has 2 N–H and O–H groups in total. The lowest BCUT2D eigenvalue weighted by Gasteiger charge is -2.36. The van der Waals surface area contributed by atoms with Gasteiger partial charge in [-0.05, 0) is 24.8 Å². The molecule has 2 saturated heterocycles. The van der Waals surface area contributed by atoms with Crippen LogP contribution in [0.1, 0.15) is 12.8 Å². The largest absolute Gasteiger partial charge is 0.335 e. The van der Waals surface area contributed by atoms with Gasteiger partial charge in [0.2, 0.25) is 5.95 Å². The van der Waals surface area contributed by atoms with Crippen LogP contribution in [0.2, 0.25) is 0 Å². The van der Waals surface area contributed by atoms with E-state index < -0.39 is 0 Å². The average Bonchev–Trinajstić information content (AvgIpc) is 3.17. The van der Waals surface area contributed by atoms with Crippen LogP contribution in [0.5, 0.6) is 0 Å². The topological polar surface area (TPSA) is 74.7 Å². The van der Waals surface area contributed by atoms with Gasteiger partial charge in [-0.25, -0.2) is 0 Å². The van der Waals surface area contributed by atoms with Gasteiger partial charge in [0.05, 0.1) is 0 Å². The number of anilines is 1. The van der Waals surface area contributed by atoms with Crippen molar-refractivity contribution in [2.45, 2.75) is 18.9 Å². The van der Waals surface area contributed by atoms with E-state index in [0.29, 0.717) is 6.04 Å². The number of fused-ring (bicyclic) bond motifs is 1. The van der Waals surface area contributed by atoms with E-state index in [-0.39, 0.29) is 0 Å². The van der Waals surface area contributed by atoms with Crippen LogP contribution >= 0.6 is 0 Å². The van der Waals surface area contributed by atoms with Gasteiger partial charge in [-0.3, -0.25) is 9.78 Å². The number of aromatic amines is 1. The lowest BCUT2D eigenvalue weighted by atomic mass is 9.92. The van der Waals surface area contributed by atoms with Gasteiger partial charge in [0.25, 0.3) is 0 Å². The lowest BCUT2D eigenvalue weighted by molar-refractivity contribution is 0.381. The second kappa shape index (κ2) is 4.59. The number of aromatic nitrogens is 5. The van der Waals surface area contributed by atoms with Crippen molar-refractivity contribution >= 4 is 5.95 Å². The molecular weight excluding hydrogens is 254 g/mol. The first-order chi connectivity index (χ1) is 9.81. The van der Waals surface area contributed by atoms with Crippen LogP contribution in [0.15, 0.2) is 12.3 Å². The van der Waals surface area contributed by atoms with Gasteiger partial charge in [0.15, 0.2) is 5.82 Å². The van der Waals surface area contributed by atoms with E-state index in [1.807, 2.05) is 19.3 Å². The highest BCUT2D eigenvalue weighted by atomic mass is 15.4. The third-order valence-corrected chi connectivity index (χ3v) is 4.37. The molecule has 0 saturated carbocycles. The number of nitrogens with one attached hydrogen (secondary N) is 2. The number of rotatable bonds is 2. The number of hydrogen-bond donors (Lipinski definition) is 2. The first kappa shape index (κ1) is 11.9. The summed E-state index contributed by atoms with van der Waals surface area (Å²) < 4.78 is 1.77. The molecule has 2 aliphatic rings. The molecule has 2 aromatic heterocycles. The maximum Gasteiger partial charge on any atom is 0.245 e. The van der Waals surface area contributed by atoms with E-state index >= 15 is 0 Å². The standard InChI is InChI=1S/C13H19N7/c1-19-6-4-10(18-19)12-15-13(17-16-12)20-5-2-3-9-7-14-8-11(9)20/h4,6,9,11,14H,2-3,5,7-8H2,1H3,(H,15,16,17). The maximum atomic E-state index is 4.63. The molecule has 0 radical (unpaired) electrons. The fourth-order valence-corrected chi connectivity index (χ4v) is 3.35. The van der Waals surface area contributed by atoms with Gasteiger partial charge < -0.3 is 10.2 Å². The van der Waals surface area contributed by atoms with E-state index in [9.17, 15) is 0 Å². The normalized spacial score (nSPS) is 25.9. The highest BCUT2D eigenvalue weighted by molar-refractivity contribution is 5.50. The summed E-state index contributed by atoms with van der Waals surface area (Å²) in [6, 6.07) is 2.48. The van der Waals surface area contributed by atoms with Gasteiger partial charge in [-0.1, -0.05) is 0 Å². The van der Waals surface area contributed by atoms with Crippen molar-refractivity contribution in [3.8, 4) is 11.5 Å². The first-order valence-electron chi connectivity index (χ1n) is 7.21. The molecule has 106 valence electrons. The van der Waals surface area contributed by atoms with Gasteiger partial charge in [-0.2, -0.15) is 10.1 Å². The van der Waals surface area contributed by atoms with Gasteiger partial charge in [-0.15, -0.1) is 5.10 Å². The monoisotopic (exact) mass is 273 g/mol. The third kappa shape index (κ3) is 1.89. The first-order valence-corrected chi connectivity index (χ1v) is 7.21. The Kier molecular flexibility index (Phi) is 2.73. The third-order valence-electron chi connectivity index (χ3n) is 4.37. The predicted molar refractivity (Wildman–Crippen MR) is 75.3 cm³/mol. The molecule has 2 aromatic rings. The number of hydrogen-bond acceptors (Lipinski definition) is 5. The summed E-state index contributed by atoms with van der Waals surface area (Å²) in [6.45, 7) is 3.21. The Labute approximate surface area is 117 Å². The van der Waals surface area contributed by atoms with Gasteiger partial charge in [0.1, 0.15) is 5.69 Å². The summed E-state index contributed by atoms with van der Waals surface area (Å²) in [5.41, 5.74) is 0.837. The van der Waals surface area contributed by atoms with Gasteiger partial charge >= 0.3 is 0 Å². The predicted octanol–water partition coefficient (Wildman–Crippen LogP) is 0.393. The van der Waals surface area contributed by atoms with Crippen molar-refractivity contribution in [1.82, 2.24) is 30.3 Å². The Hall–Kier alpha value is -1.89. The van der Waals surface area contributed by atoms with Crippen LogP contribution < -0.4 is 10.2 Å². The van der Waals surface area contributed by atoms with E-state index in [1.54, 1.807) is 4.68 Å². The van der Waals surface area contributed by atoms with Crippen molar-refractivity contribution in [3.63, 3.8) is 0 Å². The minimum Gasteiger partial charge on any atom is -0.335 e. The molecule has 0 bridgehead atoms.